The number of para-hydroxylation sites is 1. The number of aliphatic hydroxyl groups excluding tert-OH is 2. The van der Waals surface area contributed by atoms with Crippen molar-refractivity contribution in [1.29, 1.82) is 0 Å². The fraction of sp³-hybridized carbons (Fsp3) is 0.308. The van der Waals surface area contributed by atoms with Gasteiger partial charge in [0.25, 0.3) is 0 Å². The number of aromatic nitrogens is 1. The van der Waals surface area contributed by atoms with Gasteiger partial charge in [-0.1, -0.05) is 29.4 Å². The molecule has 0 aliphatic carbocycles. The molecule has 0 bridgehead atoms. The summed E-state index contributed by atoms with van der Waals surface area (Å²) in [7, 11) is 0. The summed E-state index contributed by atoms with van der Waals surface area (Å²) in [4.78, 5) is 6.91. The lowest BCUT2D eigenvalue weighted by molar-refractivity contribution is 0.0127. The highest BCUT2D eigenvalue weighted by Gasteiger charge is 2.19. The van der Waals surface area contributed by atoms with Gasteiger partial charge in [0.1, 0.15) is 6.10 Å². The number of hydrogen-bond donors (Lipinski definition) is 2. The van der Waals surface area contributed by atoms with Gasteiger partial charge in [0.05, 0.1) is 17.3 Å². The number of aliphatic hydroxyl groups is 2. The highest BCUT2D eigenvalue weighted by molar-refractivity contribution is 5.78. The van der Waals surface area contributed by atoms with Gasteiger partial charge in [0.2, 0.25) is 0 Å². The van der Waals surface area contributed by atoms with E-state index in [1.54, 1.807) is 6.07 Å². The van der Waals surface area contributed by atoms with Crippen LogP contribution in [0.2, 0.25) is 0 Å². The van der Waals surface area contributed by atoms with Crippen molar-refractivity contribution >= 4 is 10.9 Å². The van der Waals surface area contributed by atoms with Gasteiger partial charge in [0, 0.05) is 16.8 Å². The lowest BCUT2D eigenvalue weighted by atomic mass is 10.1. The lowest BCUT2D eigenvalue weighted by Gasteiger charge is -2.16. The van der Waals surface area contributed by atoms with Crippen molar-refractivity contribution < 1.29 is 10.2 Å². The van der Waals surface area contributed by atoms with Crippen molar-refractivity contribution in [3.05, 3.63) is 52.5 Å². The van der Waals surface area contributed by atoms with Crippen LogP contribution in [0.1, 0.15) is 18.2 Å². The van der Waals surface area contributed by atoms with Crippen molar-refractivity contribution in [2.75, 3.05) is 6.54 Å². The Kier molecular flexibility index (Phi) is 4.30. The van der Waals surface area contributed by atoms with E-state index >= 15 is 0 Å². The minimum Gasteiger partial charge on any atom is -0.390 e. The Morgan fingerprint density at radius 2 is 2.00 bits per heavy atom. The average Bonchev–Trinajstić information content (AvgIpc) is 2.46. The normalized spacial score (nSPS) is 13.8. The molecular weight excluding hydrogens is 244 g/mol. The number of rotatable bonds is 5. The quantitative estimate of drug-likeness (QED) is 0.488. The molecule has 0 fully saturated rings. The van der Waals surface area contributed by atoms with E-state index in [9.17, 15) is 10.2 Å². The molecule has 6 heteroatoms. The minimum atomic E-state index is -1.08. The van der Waals surface area contributed by atoms with E-state index in [4.69, 9.17) is 5.53 Å². The third-order valence-electron chi connectivity index (χ3n) is 2.88. The topological polar surface area (TPSA) is 102 Å². The molecule has 19 heavy (non-hydrogen) atoms. The van der Waals surface area contributed by atoms with E-state index in [1.165, 1.54) is 0 Å². The summed E-state index contributed by atoms with van der Waals surface area (Å²) < 4.78 is 0. The molecule has 0 amide bonds. The zero-order valence-corrected chi connectivity index (χ0v) is 10.2. The molecule has 1 heterocycles. The van der Waals surface area contributed by atoms with E-state index in [0.29, 0.717) is 5.69 Å². The first kappa shape index (κ1) is 13.3. The number of fused-ring (bicyclic) bond motifs is 1. The largest absolute Gasteiger partial charge is 0.390 e. The van der Waals surface area contributed by atoms with Crippen LogP contribution in [0.15, 0.2) is 41.5 Å². The SMILES string of the molecule is [N-]=[N+]=NCCC(O)C(O)c1ccc2ccccc2n1. The lowest BCUT2D eigenvalue weighted by Crippen LogP contribution is -2.20. The Morgan fingerprint density at radius 3 is 2.79 bits per heavy atom. The number of pyridine rings is 1. The third-order valence-corrected chi connectivity index (χ3v) is 2.88. The maximum Gasteiger partial charge on any atom is 0.122 e. The summed E-state index contributed by atoms with van der Waals surface area (Å²) in [5.41, 5.74) is 9.33. The van der Waals surface area contributed by atoms with Crippen molar-refractivity contribution in [2.45, 2.75) is 18.6 Å². The molecule has 6 nitrogen and oxygen atoms in total. The first-order valence-electron chi connectivity index (χ1n) is 5.95. The van der Waals surface area contributed by atoms with Crippen LogP contribution < -0.4 is 0 Å². The molecule has 0 aliphatic rings. The number of nitrogens with zero attached hydrogens (tertiary/aromatic N) is 4. The second kappa shape index (κ2) is 6.15. The maximum absolute atomic E-state index is 10.0. The molecular formula is C13H14N4O2. The fourth-order valence-electron chi connectivity index (χ4n) is 1.84. The van der Waals surface area contributed by atoms with Gasteiger partial charge in [0.15, 0.2) is 0 Å². The highest BCUT2D eigenvalue weighted by Crippen LogP contribution is 2.20. The van der Waals surface area contributed by atoms with Crippen LogP contribution in [-0.2, 0) is 0 Å². The fourth-order valence-corrected chi connectivity index (χ4v) is 1.84. The van der Waals surface area contributed by atoms with E-state index in [2.05, 4.69) is 15.0 Å². The van der Waals surface area contributed by atoms with E-state index < -0.39 is 12.2 Å². The predicted molar refractivity (Wildman–Crippen MR) is 71.3 cm³/mol. The molecule has 0 radical (unpaired) electrons. The maximum atomic E-state index is 10.0. The summed E-state index contributed by atoms with van der Waals surface area (Å²) in [6, 6.07) is 11.1. The number of azide groups is 1. The van der Waals surface area contributed by atoms with E-state index in [-0.39, 0.29) is 13.0 Å². The molecule has 2 unspecified atom stereocenters. The van der Waals surface area contributed by atoms with Crippen LogP contribution in [0.4, 0.5) is 0 Å². The van der Waals surface area contributed by atoms with Crippen LogP contribution in [0.5, 0.6) is 0 Å². The summed E-state index contributed by atoms with van der Waals surface area (Å²) >= 11 is 0. The van der Waals surface area contributed by atoms with Gasteiger partial charge in [-0.3, -0.25) is 0 Å². The Morgan fingerprint density at radius 1 is 1.21 bits per heavy atom. The van der Waals surface area contributed by atoms with E-state index in [1.807, 2.05) is 30.3 Å². The number of hydrogen-bond acceptors (Lipinski definition) is 4. The molecule has 0 spiro atoms. The van der Waals surface area contributed by atoms with Gasteiger partial charge >= 0.3 is 0 Å². The standard InChI is InChI=1S/C13H14N4O2/c14-17-15-8-7-12(18)13(19)11-6-5-9-3-1-2-4-10(9)16-11/h1-6,12-13,18-19H,7-8H2. The molecule has 2 atom stereocenters. The minimum absolute atomic E-state index is 0.141. The number of benzene rings is 1. The second-order valence-corrected chi connectivity index (χ2v) is 4.18. The molecule has 2 N–H and O–H groups in total. The smallest absolute Gasteiger partial charge is 0.122 e. The van der Waals surface area contributed by atoms with Crippen LogP contribution in [0.25, 0.3) is 21.3 Å². The first-order valence-corrected chi connectivity index (χ1v) is 5.95. The second-order valence-electron chi connectivity index (χ2n) is 4.18. The van der Waals surface area contributed by atoms with Crippen LogP contribution in [0, 0.1) is 0 Å². The van der Waals surface area contributed by atoms with Crippen molar-refractivity contribution in [3.8, 4) is 0 Å². The Balaban J connectivity index is 2.16. The summed E-state index contributed by atoms with van der Waals surface area (Å²) in [6.07, 6.45) is -1.89. The van der Waals surface area contributed by atoms with E-state index in [0.717, 1.165) is 10.9 Å². The molecule has 1 aromatic carbocycles. The van der Waals surface area contributed by atoms with Gasteiger partial charge in [-0.25, -0.2) is 4.98 Å². The zero-order valence-electron chi connectivity index (χ0n) is 10.2. The highest BCUT2D eigenvalue weighted by atomic mass is 16.3. The van der Waals surface area contributed by atoms with Gasteiger partial charge in [-0.05, 0) is 24.1 Å². The molecule has 0 saturated carbocycles. The molecule has 98 valence electrons. The molecule has 0 saturated heterocycles. The summed E-state index contributed by atoms with van der Waals surface area (Å²) in [5, 5.41) is 24.1. The molecule has 2 aromatic rings. The Bertz CT molecular complexity index is 610. The first-order chi connectivity index (χ1) is 9.22. The van der Waals surface area contributed by atoms with Crippen molar-refractivity contribution in [3.63, 3.8) is 0 Å². The molecule has 0 aliphatic heterocycles. The summed E-state index contributed by atoms with van der Waals surface area (Å²) in [5.74, 6) is 0. The monoisotopic (exact) mass is 258 g/mol. The van der Waals surface area contributed by atoms with Gasteiger partial charge < -0.3 is 10.2 Å². The van der Waals surface area contributed by atoms with Crippen molar-refractivity contribution in [2.24, 2.45) is 5.11 Å². The van der Waals surface area contributed by atoms with Crippen molar-refractivity contribution in [1.82, 2.24) is 4.98 Å². The predicted octanol–water partition coefficient (Wildman–Crippen LogP) is 2.33. The molecule has 1 aromatic heterocycles. The van der Waals surface area contributed by atoms with Crippen LogP contribution in [-0.4, -0.2) is 27.8 Å². The van der Waals surface area contributed by atoms with Crippen LogP contribution in [0.3, 0.4) is 0 Å². The van der Waals surface area contributed by atoms with Gasteiger partial charge in [-0.15, -0.1) is 0 Å². The average molecular weight is 258 g/mol. The zero-order chi connectivity index (χ0) is 13.7. The Labute approximate surface area is 110 Å². The Hall–Kier alpha value is -2.14. The summed E-state index contributed by atoms with van der Waals surface area (Å²) in [6.45, 7) is 0.141. The van der Waals surface area contributed by atoms with Crippen LogP contribution >= 0.6 is 0 Å². The third kappa shape index (κ3) is 3.20. The van der Waals surface area contributed by atoms with Gasteiger partial charge in [-0.2, -0.15) is 0 Å². The molecule has 2 rings (SSSR count).